The van der Waals surface area contributed by atoms with Crippen LogP contribution < -0.4 is 5.73 Å². The van der Waals surface area contributed by atoms with Gasteiger partial charge in [0.05, 0.1) is 6.54 Å². The number of carbonyl (C=O) groups is 1. The van der Waals surface area contributed by atoms with Crippen LogP contribution in [-0.2, 0) is 4.79 Å². The minimum Gasteiger partial charge on any atom is -0.335 e. The molecule has 13 heavy (non-hydrogen) atoms. The van der Waals surface area contributed by atoms with Crippen LogP contribution in [0.5, 0.6) is 0 Å². The van der Waals surface area contributed by atoms with Gasteiger partial charge in [-0.25, -0.2) is 0 Å². The van der Waals surface area contributed by atoms with Gasteiger partial charge < -0.3 is 10.6 Å². The molecule has 0 saturated carbocycles. The van der Waals surface area contributed by atoms with Crippen molar-refractivity contribution in [3.05, 3.63) is 0 Å². The second kappa shape index (κ2) is 7.63. The average Bonchev–Trinajstić information content (AvgIpc) is 2.12. The smallest absolute Gasteiger partial charge is 0.223 e. The van der Waals surface area contributed by atoms with Gasteiger partial charge in [-0.1, -0.05) is 12.3 Å². The molecule has 0 aromatic carbocycles. The maximum atomic E-state index is 11.3. The van der Waals surface area contributed by atoms with Crippen molar-refractivity contribution in [2.45, 2.75) is 25.7 Å². The standard InChI is InChI=1S/C10H18N2O/c1-3-9-12(2)10(13)7-5-4-6-8-11/h1H,4-9,11H2,2H3. The van der Waals surface area contributed by atoms with Crippen molar-refractivity contribution in [2.24, 2.45) is 5.73 Å². The summed E-state index contributed by atoms with van der Waals surface area (Å²) in [5.74, 6) is 2.56. The molecule has 3 heteroatoms. The number of carbonyl (C=O) groups excluding carboxylic acids is 1. The first-order valence-electron chi connectivity index (χ1n) is 4.60. The maximum absolute atomic E-state index is 11.3. The van der Waals surface area contributed by atoms with E-state index in [0.29, 0.717) is 19.5 Å². The molecule has 0 aromatic rings. The fourth-order valence-corrected chi connectivity index (χ4v) is 1.01. The summed E-state index contributed by atoms with van der Waals surface area (Å²) in [5, 5.41) is 0. The number of hydrogen-bond acceptors (Lipinski definition) is 2. The highest BCUT2D eigenvalue weighted by atomic mass is 16.2. The molecular weight excluding hydrogens is 164 g/mol. The fourth-order valence-electron chi connectivity index (χ4n) is 1.01. The van der Waals surface area contributed by atoms with Gasteiger partial charge in [-0.15, -0.1) is 6.42 Å². The monoisotopic (exact) mass is 182 g/mol. The molecule has 0 aromatic heterocycles. The highest BCUT2D eigenvalue weighted by Crippen LogP contribution is 2.01. The van der Waals surface area contributed by atoms with Crippen molar-refractivity contribution in [2.75, 3.05) is 20.1 Å². The van der Waals surface area contributed by atoms with E-state index >= 15 is 0 Å². The van der Waals surface area contributed by atoms with E-state index in [0.717, 1.165) is 19.3 Å². The van der Waals surface area contributed by atoms with Crippen LogP contribution in [0.25, 0.3) is 0 Å². The van der Waals surface area contributed by atoms with Crippen LogP contribution in [0.15, 0.2) is 0 Å². The molecular formula is C10H18N2O. The van der Waals surface area contributed by atoms with Crippen LogP contribution in [0.3, 0.4) is 0 Å². The van der Waals surface area contributed by atoms with Crippen molar-refractivity contribution in [1.29, 1.82) is 0 Å². The highest BCUT2D eigenvalue weighted by molar-refractivity contribution is 5.76. The minimum atomic E-state index is 0.120. The molecule has 0 fully saturated rings. The van der Waals surface area contributed by atoms with E-state index in [2.05, 4.69) is 5.92 Å². The molecule has 1 amide bonds. The Kier molecular flexibility index (Phi) is 7.04. The van der Waals surface area contributed by atoms with Crippen molar-refractivity contribution in [3.63, 3.8) is 0 Å². The minimum absolute atomic E-state index is 0.120. The molecule has 0 bridgehead atoms. The average molecular weight is 182 g/mol. The Morgan fingerprint density at radius 1 is 1.46 bits per heavy atom. The quantitative estimate of drug-likeness (QED) is 0.483. The van der Waals surface area contributed by atoms with Gasteiger partial charge >= 0.3 is 0 Å². The number of hydrogen-bond donors (Lipinski definition) is 1. The predicted molar refractivity (Wildman–Crippen MR) is 54.0 cm³/mol. The van der Waals surface area contributed by atoms with E-state index in [-0.39, 0.29) is 5.91 Å². The Morgan fingerprint density at radius 2 is 2.15 bits per heavy atom. The SMILES string of the molecule is C#CCN(C)C(=O)CCCCCN. The summed E-state index contributed by atoms with van der Waals surface area (Å²) in [6, 6.07) is 0. The summed E-state index contributed by atoms with van der Waals surface area (Å²) in [6.07, 6.45) is 8.58. The maximum Gasteiger partial charge on any atom is 0.223 e. The third kappa shape index (κ3) is 6.18. The van der Waals surface area contributed by atoms with Gasteiger partial charge in [0.15, 0.2) is 0 Å². The molecule has 2 N–H and O–H groups in total. The number of nitrogens with zero attached hydrogens (tertiary/aromatic N) is 1. The van der Waals surface area contributed by atoms with Crippen molar-refractivity contribution >= 4 is 5.91 Å². The molecule has 3 nitrogen and oxygen atoms in total. The van der Waals surface area contributed by atoms with Gasteiger partial charge in [0.25, 0.3) is 0 Å². The summed E-state index contributed by atoms with van der Waals surface area (Å²) in [4.78, 5) is 12.9. The van der Waals surface area contributed by atoms with Gasteiger partial charge in [-0.3, -0.25) is 4.79 Å². The van der Waals surface area contributed by atoms with Gasteiger partial charge in [0.2, 0.25) is 5.91 Å². The van der Waals surface area contributed by atoms with Gasteiger partial charge in [0.1, 0.15) is 0 Å². The Bertz CT molecular complexity index is 184. The summed E-state index contributed by atoms with van der Waals surface area (Å²) >= 11 is 0. The molecule has 0 saturated heterocycles. The third-order valence-electron chi connectivity index (χ3n) is 1.85. The Labute approximate surface area is 80.3 Å². The van der Waals surface area contributed by atoms with E-state index in [1.807, 2.05) is 0 Å². The van der Waals surface area contributed by atoms with Crippen LogP contribution in [0.2, 0.25) is 0 Å². The van der Waals surface area contributed by atoms with Gasteiger partial charge in [-0.05, 0) is 19.4 Å². The topological polar surface area (TPSA) is 46.3 Å². The molecule has 0 heterocycles. The van der Waals surface area contributed by atoms with Crippen molar-refractivity contribution in [1.82, 2.24) is 4.90 Å². The number of amides is 1. The van der Waals surface area contributed by atoms with Crippen LogP contribution in [0.4, 0.5) is 0 Å². The van der Waals surface area contributed by atoms with Crippen LogP contribution in [-0.4, -0.2) is 30.9 Å². The number of nitrogens with two attached hydrogens (primary N) is 1. The van der Waals surface area contributed by atoms with Crippen LogP contribution in [0.1, 0.15) is 25.7 Å². The van der Waals surface area contributed by atoms with Gasteiger partial charge in [0, 0.05) is 13.5 Å². The van der Waals surface area contributed by atoms with E-state index < -0.39 is 0 Å². The number of unbranched alkanes of at least 4 members (excludes halogenated alkanes) is 2. The predicted octanol–water partition coefficient (Wildman–Crippen LogP) is 0.597. The lowest BCUT2D eigenvalue weighted by atomic mass is 10.2. The van der Waals surface area contributed by atoms with E-state index in [9.17, 15) is 4.79 Å². The molecule has 0 spiro atoms. The summed E-state index contributed by atoms with van der Waals surface area (Å²) < 4.78 is 0. The summed E-state index contributed by atoms with van der Waals surface area (Å²) in [5.41, 5.74) is 5.33. The molecule has 0 atom stereocenters. The number of rotatable bonds is 6. The molecule has 0 radical (unpaired) electrons. The lowest BCUT2D eigenvalue weighted by Crippen LogP contribution is -2.26. The van der Waals surface area contributed by atoms with Crippen LogP contribution >= 0.6 is 0 Å². The summed E-state index contributed by atoms with van der Waals surface area (Å²) in [7, 11) is 1.73. The second-order valence-electron chi connectivity index (χ2n) is 3.05. The molecule has 0 aliphatic carbocycles. The third-order valence-corrected chi connectivity index (χ3v) is 1.85. The van der Waals surface area contributed by atoms with Crippen molar-refractivity contribution in [3.8, 4) is 12.3 Å². The Hall–Kier alpha value is -1.01. The van der Waals surface area contributed by atoms with Gasteiger partial charge in [-0.2, -0.15) is 0 Å². The first-order chi connectivity index (χ1) is 6.22. The largest absolute Gasteiger partial charge is 0.335 e. The molecule has 0 rings (SSSR count). The second-order valence-corrected chi connectivity index (χ2v) is 3.05. The van der Waals surface area contributed by atoms with Crippen molar-refractivity contribution < 1.29 is 4.79 Å². The Balaban J connectivity index is 3.45. The first kappa shape index (κ1) is 12.0. The molecule has 0 aliphatic rings. The zero-order valence-electron chi connectivity index (χ0n) is 8.25. The summed E-state index contributed by atoms with van der Waals surface area (Å²) in [6.45, 7) is 1.10. The Morgan fingerprint density at radius 3 is 2.69 bits per heavy atom. The first-order valence-corrected chi connectivity index (χ1v) is 4.60. The normalized spacial score (nSPS) is 9.31. The van der Waals surface area contributed by atoms with E-state index in [4.69, 9.17) is 12.2 Å². The molecule has 0 unspecified atom stereocenters. The zero-order valence-corrected chi connectivity index (χ0v) is 8.25. The molecule has 74 valence electrons. The zero-order chi connectivity index (χ0) is 10.1. The fraction of sp³-hybridized carbons (Fsp3) is 0.700. The lowest BCUT2D eigenvalue weighted by molar-refractivity contribution is -0.129. The van der Waals surface area contributed by atoms with Crippen LogP contribution in [0, 0.1) is 12.3 Å². The van der Waals surface area contributed by atoms with E-state index in [1.165, 1.54) is 0 Å². The number of terminal acetylenes is 1. The van der Waals surface area contributed by atoms with E-state index in [1.54, 1.807) is 11.9 Å². The highest BCUT2D eigenvalue weighted by Gasteiger charge is 2.05. The molecule has 0 aliphatic heterocycles. The lowest BCUT2D eigenvalue weighted by Gasteiger charge is -2.13.